The summed E-state index contributed by atoms with van der Waals surface area (Å²) in [5.74, 6) is -1.62. The van der Waals surface area contributed by atoms with Crippen molar-refractivity contribution >= 4 is 17.4 Å². The SMILES string of the molecule is Cc1nn(-c2ccccc2)c(C)c1C(=O)C(=O)Nc1c(C)n(C)n(-c2ccccc2)c1=O. The van der Waals surface area contributed by atoms with E-state index in [1.807, 2.05) is 48.5 Å². The summed E-state index contributed by atoms with van der Waals surface area (Å²) in [5, 5.41) is 6.96. The molecule has 8 nitrogen and oxygen atoms in total. The Hall–Kier alpha value is -4.20. The van der Waals surface area contributed by atoms with Crippen molar-refractivity contribution in [2.45, 2.75) is 20.8 Å². The molecular weight excluding hydrogens is 406 g/mol. The number of nitrogens with zero attached hydrogens (tertiary/aromatic N) is 4. The smallest absolute Gasteiger partial charge is 0.297 e. The number of carbonyl (C=O) groups excluding carboxylic acids is 2. The lowest BCUT2D eigenvalue weighted by Gasteiger charge is -2.07. The Morgan fingerprint density at radius 1 is 0.844 bits per heavy atom. The average Bonchev–Trinajstić information content (AvgIpc) is 3.21. The van der Waals surface area contributed by atoms with Crippen LogP contribution in [0.1, 0.15) is 27.4 Å². The number of aryl methyl sites for hydroxylation is 1. The van der Waals surface area contributed by atoms with E-state index in [1.165, 1.54) is 4.68 Å². The first-order valence-electron chi connectivity index (χ1n) is 10.1. The fourth-order valence-electron chi connectivity index (χ4n) is 3.79. The molecule has 1 amide bonds. The predicted molar refractivity (Wildman–Crippen MR) is 122 cm³/mol. The van der Waals surface area contributed by atoms with Crippen LogP contribution in [0.25, 0.3) is 11.4 Å². The molecule has 32 heavy (non-hydrogen) atoms. The summed E-state index contributed by atoms with van der Waals surface area (Å²) in [6.07, 6.45) is 0. The number of para-hydroxylation sites is 2. The summed E-state index contributed by atoms with van der Waals surface area (Å²) in [6.45, 7) is 5.14. The molecule has 0 bridgehead atoms. The molecule has 0 saturated heterocycles. The van der Waals surface area contributed by atoms with Gasteiger partial charge in [0.2, 0.25) is 0 Å². The largest absolute Gasteiger partial charge is 0.313 e. The van der Waals surface area contributed by atoms with Gasteiger partial charge in [0.25, 0.3) is 17.2 Å². The third kappa shape index (κ3) is 3.45. The zero-order valence-electron chi connectivity index (χ0n) is 18.3. The molecule has 4 rings (SSSR count). The zero-order valence-corrected chi connectivity index (χ0v) is 18.3. The molecule has 2 heterocycles. The molecule has 2 aromatic carbocycles. The summed E-state index contributed by atoms with van der Waals surface area (Å²) in [5.41, 5.74) is 2.87. The van der Waals surface area contributed by atoms with Crippen LogP contribution in [0, 0.1) is 20.8 Å². The minimum atomic E-state index is -0.880. The number of Topliss-reactive ketones (excluding diaryl/α,β-unsaturated/α-hetero) is 1. The highest BCUT2D eigenvalue weighted by molar-refractivity contribution is 6.47. The number of amides is 1. The molecule has 162 valence electrons. The summed E-state index contributed by atoms with van der Waals surface area (Å²) in [7, 11) is 1.72. The Labute approximate surface area is 184 Å². The van der Waals surface area contributed by atoms with Crippen LogP contribution in [-0.4, -0.2) is 30.8 Å². The Morgan fingerprint density at radius 3 is 2.00 bits per heavy atom. The van der Waals surface area contributed by atoms with Crippen LogP contribution in [0.4, 0.5) is 5.69 Å². The minimum absolute atomic E-state index is 0.0699. The van der Waals surface area contributed by atoms with E-state index in [0.29, 0.717) is 22.8 Å². The molecule has 0 aliphatic carbocycles. The zero-order chi connectivity index (χ0) is 23.0. The average molecular weight is 429 g/mol. The highest BCUT2D eigenvalue weighted by atomic mass is 16.2. The van der Waals surface area contributed by atoms with E-state index in [1.54, 1.807) is 49.3 Å². The van der Waals surface area contributed by atoms with Gasteiger partial charge in [-0.1, -0.05) is 36.4 Å². The van der Waals surface area contributed by atoms with E-state index in [2.05, 4.69) is 10.4 Å². The molecule has 0 spiro atoms. The molecule has 0 aliphatic rings. The number of carbonyl (C=O) groups is 2. The number of hydrogen-bond acceptors (Lipinski definition) is 4. The summed E-state index contributed by atoms with van der Waals surface area (Å²) < 4.78 is 4.72. The highest BCUT2D eigenvalue weighted by Gasteiger charge is 2.27. The highest BCUT2D eigenvalue weighted by Crippen LogP contribution is 2.20. The van der Waals surface area contributed by atoms with Crippen LogP contribution in [0.5, 0.6) is 0 Å². The van der Waals surface area contributed by atoms with E-state index in [9.17, 15) is 14.4 Å². The standard InChI is InChI=1S/C24H23N5O3/c1-15-20(16(2)28(26-15)18-11-7-5-8-12-18)22(30)23(31)25-21-17(3)27(4)29(24(21)32)19-13-9-6-10-14-19/h5-14H,1-4H3,(H,25,31). The van der Waals surface area contributed by atoms with Gasteiger partial charge in [0.1, 0.15) is 5.69 Å². The van der Waals surface area contributed by atoms with Gasteiger partial charge in [-0.2, -0.15) is 5.10 Å². The molecule has 8 heteroatoms. The number of benzene rings is 2. The first kappa shape index (κ1) is 21.0. The third-order valence-corrected chi connectivity index (χ3v) is 5.52. The second-order valence-electron chi connectivity index (χ2n) is 7.51. The van der Waals surface area contributed by atoms with Crippen molar-refractivity contribution < 1.29 is 9.59 Å². The monoisotopic (exact) mass is 429 g/mol. The summed E-state index contributed by atoms with van der Waals surface area (Å²) in [4.78, 5) is 38.9. The van der Waals surface area contributed by atoms with Crippen LogP contribution < -0.4 is 10.9 Å². The molecule has 2 aromatic heterocycles. The van der Waals surface area contributed by atoms with Crippen molar-refractivity contribution in [1.29, 1.82) is 0 Å². The topological polar surface area (TPSA) is 90.9 Å². The lowest BCUT2D eigenvalue weighted by Crippen LogP contribution is -2.28. The maximum Gasteiger partial charge on any atom is 0.297 e. The van der Waals surface area contributed by atoms with Crippen molar-refractivity contribution in [3.05, 3.63) is 93.7 Å². The van der Waals surface area contributed by atoms with Gasteiger partial charge >= 0.3 is 0 Å². The lowest BCUT2D eigenvalue weighted by atomic mass is 10.1. The van der Waals surface area contributed by atoms with E-state index in [0.717, 1.165) is 5.69 Å². The van der Waals surface area contributed by atoms with Gasteiger partial charge in [0, 0.05) is 7.05 Å². The lowest BCUT2D eigenvalue weighted by molar-refractivity contribution is -0.112. The Kier molecular flexibility index (Phi) is 5.36. The van der Waals surface area contributed by atoms with Crippen molar-refractivity contribution in [1.82, 2.24) is 19.1 Å². The molecular formula is C24H23N5O3. The molecule has 1 N–H and O–H groups in total. The summed E-state index contributed by atoms with van der Waals surface area (Å²) >= 11 is 0. The van der Waals surface area contributed by atoms with E-state index < -0.39 is 17.2 Å². The molecule has 0 aliphatic heterocycles. The first-order chi connectivity index (χ1) is 15.3. The van der Waals surface area contributed by atoms with Gasteiger partial charge in [0.05, 0.1) is 34.0 Å². The van der Waals surface area contributed by atoms with Crippen molar-refractivity contribution in [3.63, 3.8) is 0 Å². The van der Waals surface area contributed by atoms with Crippen LogP contribution in [0.3, 0.4) is 0 Å². The van der Waals surface area contributed by atoms with Crippen LogP contribution in [0.2, 0.25) is 0 Å². The molecule has 4 aromatic rings. The quantitative estimate of drug-likeness (QED) is 0.390. The van der Waals surface area contributed by atoms with Crippen LogP contribution in [-0.2, 0) is 11.8 Å². The predicted octanol–water partition coefficient (Wildman–Crippen LogP) is 3.11. The molecule has 0 saturated carbocycles. The minimum Gasteiger partial charge on any atom is -0.313 e. The van der Waals surface area contributed by atoms with Crippen molar-refractivity contribution in [2.24, 2.45) is 7.05 Å². The van der Waals surface area contributed by atoms with Crippen LogP contribution >= 0.6 is 0 Å². The van der Waals surface area contributed by atoms with Gasteiger partial charge in [-0.15, -0.1) is 0 Å². The van der Waals surface area contributed by atoms with Gasteiger partial charge in [-0.05, 0) is 45.0 Å². The number of rotatable bonds is 5. The number of anilines is 1. The fraction of sp³-hybridized carbons (Fsp3) is 0.167. The first-order valence-corrected chi connectivity index (χ1v) is 10.1. The van der Waals surface area contributed by atoms with E-state index in [-0.39, 0.29) is 11.3 Å². The number of hydrogen-bond donors (Lipinski definition) is 1. The van der Waals surface area contributed by atoms with Gasteiger partial charge in [0.15, 0.2) is 0 Å². The third-order valence-electron chi connectivity index (χ3n) is 5.52. The number of ketones is 1. The second-order valence-corrected chi connectivity index (χ2v) is 7.51. The Morgan fingerprint density at radius 2 is 1.41 bits per heavy atom. The maximum atomic E-state index is 13.0. The fourth-order valence-corrected chi connectivity index (χ4v) is 3.79. The van der Waals surface area contributed by atoms with Gasteiger partial charge < -0.3 is 5.32 Å². The number of nitrogens with one attached hydrogen (secondary N) is 1. The Balaban J connectivity index is 1.67. The van der Waals surface area contributed by atoms with Gasteiger partial charge in [-0.25, -0.2) is 9.36 Å². The van der Waals surface area contributed by atoms with Gasteiger partial charge in [-0.3, -0.25) is 19.1 Å². The van der Waals surface area contributed by atoms with E-state index in [4.69, 9.17) is 0 Å². The van der Waals surface area contributed by atoms with Crippen LogP contribution in [0.15, 0.2) is 65.5 Å². The molecule has 0 fully saturated rings. The molecule has 0 atom stereocenters. The Bertz CT molecular complexity index is 1380. The van der Waals surface area contributed by atoms with E-state index >= 15 is 0 Å². The molecule has 0 radical (unpaired) electrons. The summed E-state index contributed by atoms with van der Waals surface area (Å²) in [6, 6.07) is 18.4. The second kappa shape index (κ2) is 8.14. The molecule has 0 unspecified atom stereocenters. The maximum absolute atomic E-state index is 13.0. The van der Waals surface area contributed by atoms with Crippen molar-refractivity contribution in [2.75, 3.05) is 5.32 Å². The van der Waals surface area contributed by atoms with Crippen molar-refractivity contribution in [3.8, 4) is 11.4 Å². The normalized spacial score (nSPS) is 10.9. The number of aromatic nitrogens is 4.